The Labute approximate surface area is 145 Å². The molecule has 1 N–H and O–H groups in total. The Morgan fingerprint density at radius 2 is 1.90 bits per heavy atom. The number of nitrogens with one attached hydrogen (secondary N) is 1. The van der Waals surface area contributed by atoms with Crippen molar-refractivity contribution in [2.45, 2.75) is 32.9 Å². The average Bonchev–Trinajstić information content (AvgIpc) is 2.38. The lowest BCUT2D eigenvalue weighted by Gasteiger charge is -2.20. The van der Waals surface area contributed by atoms with Crippen molar-refractivity contribution >= 4 is 34.2 Å². The van der Waals surface area contributed by atoms with Gasteiger partial charge in [-0.2, -0.15) is 0 Å². The molecule has 2 rings (SSSR count). The fraction of sp³-hybridized carbons (Fsp3) is 0.294. The zero-order valence-electron chi connectivity index (χ0n) is 12.4. The molecule has 0 aliphatic heterocycles. The van der Waals surface area contributed by atoms with Gasteiger partial charge in [-0.3, -0.25) is 0 Å². The van der Waals surface area contributed by atoms with Gasteiger partial charge in [-0.15, -0.1) is 0 Å². The average molecular weight is 416 g/mol. The summed E-state index contributed by atoms with van der Waals surface area (Å²) in [6.07, 6.45) is 0. The Balaban J connectivity index is 2.09. The minimum atomic E-state index is 0.0857. The molecule has 21 heavy (non-hydrogen) atoms. The zero-order chi connectivity index (χ0) is 15.5. The molecular formula is C17H19ClINO. The molecular weight excluding hydrogens is 397 g/mol. The third-order valence-electron chi connectivity index (χ3n) is 2.84. The molecule has 0 saturated carbocycles. The highest BCUT2D eigenvalue weighted by molar-refractivity contribution is 14.1. The molecule has 4 heteroatoms. The molecule has 0 unspecified atom stereocenters. The fourth-order valence-corrected chi connectivity index (χ4v) is 2.52. The zero-order valence-corrected chi connectivity index (χ0v) is 15.3. The number of rotatable bonds is 4. The molecule has 0 atom stereocenters. The minimum Gasteiger partial charge on any atom is -0.456 e. The van der Waals surface area contributed by atoms with Gasteiger partial charge in [-0.1, -0.05) is 23.7 Å². The number of hydrogen-bond donors (Lipinski definition) is 1. The van der Waals surface area contributed by atoms with Crippen molar-refractivity contribution in [2.24, 2.45) is 0 Å². The van der Waals surface area contributed by atoms with Gasteiger partial charge >= 0.3 is 0 Å². The van der Waals surface area contributed by atoms with E-state index in [-0.39, 0.29) is 5.54 Å². The van der Waals surface area contributed by atoms with Gasteiger partial charge in [0, 0.05) is 15.7 Å². The van der Waals surface area contributed by atoms with Crippen LogP contribution < -0.4 is 10.1 Å². The highest BCUT2D eigenvalue weighted by Crippen LogP contribution is 2.30. The normalized spacial score (nSPS) is 11.5. The summed E-state index contributed by atoms with van der Waals surface area (Å²) in [5.74, 6) is 1.47. The summed E-state index contributed by atoms with van der Waals surface area (Å²) < 4.78 is 6.96. The summed E-state index contributed by atoms with van der Waals surface area (Å²) >= 11 is 8.57. The Morgan fingerprint density at radius 1 is 1.14 bits per heavy atom. The third-order valence-corrected chi connectivity index (χ3v) is 3.81. The van der Waals surface area contributed by atoms with E-state index in [1.807, 2.05) is 42.5 Å². The predicted molar refractivity (Wildman–Crippen MR) is 97.3 cm³/mol. The number of benzene rings is 2. The van der Waals surface area contributed by atoms with Crippen molar-refractivity contribution in [3.05, 3.63) is 56.6 Å². The van der Waals surface area contributed by atoms with E-state index in [1.165, 1.54) is 0 Å². The second-order valence-corrected chi connectivity index (χ2v) is 7.58. The standard InChI is InChI=1S/C17H19ClINO/c1-17(2,3)20-11-12-7-8-16(15(18)9-12)21-14-6-4-5-13(19)10-14/h4-10,20H,11H2,1-3H3. The SMILES string of the molecule is CC(C)(C)NCc1ccc(Oc2cccc(I)c2)c(Cl)c1. The van der Waals surface area contributed by atoms with Gasteiger partial charge in [-0.05, 0) is 79.3 Å². The van der Waals surface area contributed by atoms with E-state index >= 15 is 0 Å². The van der Waals surface area contributed by atoms with Crippen LogP contribution in [0.2, 0.25) is 5.02 Å². The molecule has 0 aliphatic carbocycles. The van der Waals surface area contributed by atoms with Gasteiger partial charge in [0.05, 0.1) is 5.02 Å². The Bertz CT molecular complexity index is 622. The summed E-state index contributed by atoms with van der Waals surface area (Å²) in [5, 5.41) is 4.07. The summed E-state index contributed by atoms with van der Waals surface area (Å²) in [4.78, 5) is 0. The lowest BCUT2D eigenvalue weighted by atomic mass is 10.1. The monoisotopic (exact) mass is 415 g/mol. The van der Waals surface area contributed by atoms with E-state index in [4.69, 9.17) is 16.3 Å². The maximum Gasteiger partial charge on any atom is 0.146 e. The first kappa shape index (κ1) is 16.6. The molecule has 0 bridgehead atoms. The second kappa shape index (κ2) is 6.99. The number of hydrogen-bond acceptors (Lipinski definition) is 2. The van der Waals surface area contributed by atoms with E-state index in [2.05, 4.69) is 48.7 Å². The Morgan fingerprint density at radius 3 is 2.52 bits per heavy atom. The van der Waals surface area contributed by atoms with Crippen LogP contribution in [0.15, 0.2) is 42.5 Å². The van der Waals surface area contributed by atoms with Gasteiger partial charge in [0.25, 0.3) is 0 Å². The molecule has 0 heterocycles. The molecule has 0 fully saturated rings. The van der Waals surface area contributed by atoms with Gasteiger partial charge in [0.15, 0.2) is 0 Å². The summed E-state index contributed by atoms with van der Waals surface area (Å²) in [7, 11) is 0. The maximum absolute atomic E-state index is 6.31. The minimum absolute atomic E-state index is 0.0857. The summed E-state index contributed by atoms with van der Waals surface area (Å²) in [6, 6.07) is 13.8. The molecule has 2 nitrogen and oxygen atoms in total. The second-order valence-electron chi connectivity index (χ2n) is 5.93. The van der Waals surface area contributed by atoms with Crippen LogP contribution in [0.25, 0.3) is 0 Å². The van der Waals surface area contributed by atoms with Crippen molar-refractivity contribution in [1.29, 1.82) is 0 Å². The van der Waals surface area contributed by atoms with Gasteiger partial charge in [-0.25, -0.2) is 0 Å². The molecule has 0 aromatic heterocycles. The van der Waals surface area contributed by atoms with Crippen LogP contribution in [0.4, 0.5) is 0 Å². The van der Waals surface area contributed by atoms with Crippen LogP contribution in [0, 0.1) is 3.57 Å². The predicted octanol–water partition coefficient (Wildman–Crippen LogP) is 5.63. The molecule has 0 amide bonds. The molecule has 2 aromatic carbocycles. The van der Waals surface area contributed by atoms with E-state index in [0.717, 1.165) is 21.4 Å². The molecule has 0 radical (unpaired) electrons. The molecule has 112 valence electrons. The first-order valence-corrected chi connectivity index (χ1v) is 8.26. The Kier molecular flexibility index (Phi) is 5.52. The van der Waals surface area contributed by atoms with Crippen LogP contribution in [0.3, 0.4) is 0 Å². The van der Waals surface area contributed by atoms with Gasteiger partial charge in [0.2, 0.25) is 0 Å². The van der Waals surface area contributed by atoms with Crippen LogP contribution in [0.1, 0.15) is 26.3 Å². The van der Waals surface area contributed by atoms with Crippen molar-refractivity contribution in [2.75, 3.05) is 0 Å². The van der Waals surface area contributed by atoms with Crippen molar-refractivity contribution in [3.63, 3.8) is 0 Å². The topological polar surface area (TPSA) is 21.3 Å². The number of ether oxygens (including phenoxy) is 1. The van der Waals surface area contributed by atoms with Gasteiger partial charge in [0.1, 0.15) is 11.5 Å². The summed E-state index contributed by atoms with van der Waals surface area (Å²) in [5.41, 5.74) is 1.23. The fourth-order valence-electron chi connectivity index (χ4n) is 1.76. The highest BCUT2D eigenvalue weighted by Gasteiger charge is 2.10. The largest absolute Gasteiger partial charge is 0.456 e. The van der Waals surface area contributed by atoms with E-state index < -0.39 is 0 Å². The lowest BCUT2D eigenvalue weighted by molar-refractivity contribution is 0.424. The molecule has 0 aliphatic rings. The Hall–Kier alpha value is -0.780. The van der Waals surface area contributed by atoms with Crippen molar-refractivity contribution in [1.82, 2.24) is 5.32 Å². The first-order valence-electron chi connectivity index (χ1n) is 6.80. The smallest absolute Gasteiger partial charge is 0.146 e. The summed E-state index contributed by atoms with van der Waals surface area (Å²) in [6.45, 7) is 7.21. The lowest BCUT2D eigenvalue weighted by Crippen LogP contribution is -2.35. The van der Waals surface area contributed by atoms with Crippen LogP contribution in [-0.4, -0.2) is 5.54 Å². The molecule has 0 spiro atoms. The van der Waals surface area contributed by atoms with Crippen molar-refractivity contribution < 1.29 is 4.74 Å². The molecule has 0 saturated heterocycles. The van der Waals surface area contributed by atoms with Crippen LogP contribution >= 0.6 is 34.2 Å². The third kappa shape index (κ3) is 5.49. The molecule has 2 aromatic rings. The van der Waals surface area contributed by atoms with E-state index in [0.29, 0.717) is 10.8 Å². The highest BCUT2D eigenvalue weighted by atomic mass is 127. The van der Waals surface area contributed by atoms with E-state index in [9.17, 15) is 0 Å². The quantitative estimate of drug-likeness (QED) is 0.654. The number of halogens is 2. The first-order chi connectivity index (χ1) is 9.83. The maximum atomic E-state index is 6.31. The van der Waals surface area contributed by atoms with Crippen LogP contribution in [0.5, 0.6) is 11.5 Å². The van der Waals surface area contributed by atoms with Crippen LogP contribution in [-0.2, 0) is 6.54 Å². The van der Waals surface area contributed by atoms with E-state index in [1.54, 1.807) is 0 Å². The van der Waals surface area contributed by atoms with Gasteiger partial charge < -0.3 is 10.1 Å². The van der Waals surface area contributed by atoms with Crippen molar-refractivity contribution in [3.8, 4) is 11.5 Å².